The first-order valence-corrected chi connectivity index (χ1v) is 25.3. The van der Waals surface area contributed by atoms with Gasteiger partial charge in [0.05, 0.1) is 43.9 Å². The van der Waals surface area contributed by atoms with Crippen LogP contribution in [0.5, 0.6) is 11.5 Å². The Morgan fingerprint density at radius 1 is 0.694 bits per heavy atom. The number of hydrogen-bond donors (Lipinski definition) is 6. The molecule has 0 amide bonds. The average molecular weight is 1040 g/mol. The minimum Gasteiger partial charge on any atom is -0.491 e. The molecule has 72 heavy (non-hydrogen) atoms. The molecule has 3 aliphatic carbocycles. The van der Waals surface area contributed by atoms with Gasteiger partial charge in [-0.25, -0.2) is 4.68 Å². The number of ether oxygens (including phenoxy) is 2. The van der Waals surface area contributed by atoms with Crippen LogP contribution in [0.15, 0.2) is 107 Å². The monoisotopic (exact) mass is 1040 g/mol. The third-order valence-corrected chi connectivity index (χ3v) is 13.7. The van der Waals surface area contributed by atoms with E-state index in [0.717, 1.165) is 100 Å². The first kappa shape index (κ1) is 55.3. The van der Waals surface area contributed by atoms with Gasteiger partial charge in [-0.15, -0.1) is 11.5 Å². The van der Waals surface area contributed by atoms with Crippen molar-refractivity contribution >= 4 is 21.6 Å². The van der Waals surface area contributed by atoms with Crippen molar-refractivity contribution in [3.05, 3.63) is 162 Å². The Hall–Kier alpha value is -6.05. The van der Waals surface area contributed by atoms with Gasteiger partial charge in [0.1, 0.15) is 17.2 Å². The number of halogens is 1. The van der Waals surface area contributed by atoms with Gasteiger partial charge < -0.3 is 42.0 Å². The fourth-order valence-corrected chi connectivity index (χ4v) is 9.50. The van der Waals surface area contributed by atoms with E-state index < -0.39 is 16.6 Å². The molecular formula is C57H70BrN9O5. The minimum atomic E-state index is -0.502. The van der Waals surface area contributed by atoms with Crippen LogP contribution in [0, 0.1) is 26.2 Å². The predicted molar refractivity (Wildman–Crippen MR) is 290 cm³/mol. The maximum Gasteiger partial charge on any atom is 0.122 e. The van der Waals surface area contributed by atoms with Crippen LogP contribution in [-0.4, -0.2) is 79.0 Å². The lowest BCUT2D eigenvalue weighted by Crippen LogP contribution is -2.48. The van der Waals surface area contributed by atoms with E-state index in [1.165, 1.54) is 27.8 Å². The van der Waals surface area contributed by atoms with Gasteiger partial charge in [-0.2, -0.15) is 0 Å². The molecule has 1 aromatic heterocycles. The van der Waals surface area contributed by atoms with Crippen molar-refractivity contribution in [2.45, 2.75) is 128 Å². The van der Waals surface area contributed by atoms with E-state index in [9.17, 15) is 15.3 Å². The van der Waals surface area contributed by atoms with E-state index in [4.69, 9.17) is 38.6 Å². The maximum atomic E-state index is 9.54. The van der Waals surface area contributed by atoms with Gasteiger partial charge in [-0.3, -0.25) is 0 Å². The largest absolute Gasteiger partial charge is 0.491 e. The third-order valence-electron chi connectivity index (χ3n) is 13.3. The van der Waals surface area contributed by atoms with Crippen molar-refractivity contribution in [1.29, 1.82) is 0 Å². The summed E-state index contributed by atoms with van der Waals surface area (Å²) < 4.78 is 14.3. The molecule has 9 N–H and O–H groups in total. The normalized spacial score (nSPS) is 19.5. The summed E-state index contributed by atoms with van der Waals surface area (Å²) >= 11 is 3.46. The first-order valence-electron chi connectivity index (χ1n) is 24.5. The van der Waals surface area contributed by atoms with Gasteiger partial charge in [-0.05, 0) is 216 Å². The number of benzene rings is 5. The van der Waals surface area contributed by atoms with Gasteiger partial charge in [-0.1, -0.05) is 56.4 Å². The molecule has 0 fully saturated rings. The Bertz CT molecular complexity index is 2910. The van der Waals surface area contributed by atoms with Crippen LogP contribution in [0.4, 0.5) is 5.69 Å². The van der Waals surface area contributed by atoms with E-state index in [2.05, 4.69) is 72.5 Å². The van der Waals surface area contributed by atoms with Gasteiger partial charge in [0.2, 0.25) is 0 Å². The van der Waals surface area contributed by atoms with E-state index in [0.29, 0.717) is 18.5 Å². The third kappa shape index (κ3) is 14.8. The molecule has 0 radical (unpaired) electrons. The summed E-state index contributed by atoms with van der Waals surface area (Å²) in [4.78, 5) is 2.76. The van der Waals surface area contributed by atoms with Crippen LogP contribution < -0.4 is 26.7 Å². The van der Waals surface area contributed by atoms with Crippen LogP contribution in [0.2, 0.25) is 0 Å². The van der Waals surface area contributed by atoms with Crippen LogP contribution in [0.1, 0.15) is 97.0 Å². The summed E-state index contributed by atoms with van der Waals surface area (Å²) in [5.41, 5.74) is 39.2. The SMILES string of the molecule is C#Cc1ccc(OC(C)C)c(C)c1.Cc1cc(-c2cn(-c3ccc4c(c3)CCC(N)(CO)C4)nn2)ccc1OC(C)C.NC1(CO)CCc2cc(Br)ccc2C1.[N-]=[N+]=Nc1ccc2c(c1)CCC(N)(CO)C2. The average Bonchev–Trinajstić information content (AvgIpc) is 3.86. The van der Waals surface area contributed by atoms with Crippen LogP contribution in [0.25, 0.3) is 27.4 Å². The molecular weight excluding hydrogens is 971 g/mol. The molecule has 9 rings (SSSR count). The second-order valence-corrected chi connectivity index (χ2v) is 21.0. The molecule has 380 valence electrons. The van der Waals surface area contributed by atoms with Gasteiger partial charge in [0.15, 0.2) is 0 Å². The number of azide groups is 1. The van der Waals surface area contributed by atoms with Crippen LogP contribution >= 0.6 is 15.9 Å². The number of nitrogens with two attached hydrogens (primary N) is 3. The highest BCUT2D eigenvalue weighted by atomic mass is 79.9. The fraction of sp³-hybridized carbons (Fsp3) is 0.404. The number of nitrogens with zero attached hydrogens (tertiary/aromatic N) is 6. The summed E-state index contributed by atoms with van der Waals surface area (Å²) in [7, 11) is 0. The zero-order valence-corrected chi connectivity index (χ0v) is 44.0. The quantitative estimate of drug-likeness (QED) is 0.0329. The van der Waals surface area contributed by atoms with E-state index in [-0.39, 0.29) is 32.0 Å². The molecule has 3 aliphatic rings. The first-order chi connectivity index (χ1) is 34.3. The van der Waals surface area contributed by atoms with Crippen LogP contribution in [0.3, 0.4) is 0 Å². The van der Waals surface area contributed by atoms with Crippen molar-refractivity contribution in [2.75, 3.05) is 19.8 Å². The Balaban J connectivity index is 0.000000168. The van der Waals surface area contributed by atoms with E-state index in [1.54, 1.807) is 10.7 Å². The molecule has 0 saturated carbocycles. The topological polar surface area (TPSA) is 237 Å². The Morgan fingerprint density at radius 2 is 1.19 bits per heavy atom. The summed E-state index contributed by atoms with van der Waals surface area (Å²) in [6.07, 6.45) is 14.8. The lowest BCUT2D eigenvalue weighted by Gasteiger charge is -2.33. The molecule has 0 spiro atoms. The predicted octanol–water partition coefficient (Wildman–Crippen LogP) is 9.41. The molecule has 3 atom stereocenters. The molecule has 14 nitrogen and oxygen atoms in total. The molecule has 3 unspecified atom stereocenters. The summed E-state index contributed by atoms with van der Waals surface area (Å²) in [5.74, 6) is 4.40. The van der Waals surface area contributed by atoms with Crippen molar-refractivity contribution in [1.82, 2.24) is 15.0 Å². The molecule has 6 aromatic rings. The highest BCUT2D eigenvalue weighted by molar-refractivity contribution is 9.10. The Labute approximate surface area is 432 Å². The molecule has 0 bridgehead atoms. The lowest BCUT2D eigenvalue weighted by atomic mass is 9.79. The zero-order chi connectivity index (χ0) is 52.2. The van der Waals surface area contributed by atoms with Crippen molar-refractivity contribution in [2.24, 2.45) is 22.3 Å². The smallest absolute Gasteiger partial charge is 0.122 e. The number of aromatic nitrogens is 3. The summed E-state index contributed by atoms with van der Waals surface area (Å²) in [6, 6.07) is 30.0. The van der Waals surface area contributed by atoms with Crippen molar-refractivity contribution in [3.63, 3.8) is 0 Å². The molecule has 1 heterocycles. The van der Waals surface area contributed by atoms with Crippen molar-refractivity contribution in [3.8, 4) is 40.8 Å². The summed E-state index contributed by atoms with van der Waals surface area (Å²) in [5, 5.41) is 40.2. The Morgan fingerprint density at radius 3 is 1.69 bits per heavy atom. The van der Waals surface area contributed by atoms with Gasteiger partial charge in [0, 0.05) is 42.8 Å². The van der Waals surface area contributed by atoms with Crippen molar-refractivity contribution < 1.29 is 24.8 Å². The minimum absolute atomic E-state index is 0.00450. The standard InChI is InChI=1S/C23H28N4O2.C12H14O.C11H14BrNO.C11H14N4O/c1-15(2)29-22-7-5-18(10-16(22)3)21-13-27(26-25-21)20-6-4-19-12-23(24,14-28)9-8-17(19)11-20;1-5-11-6-7-12(10(4)8-11)13-9(2)3;12-10-2-1-9-6-11(13,7-14)4-3-8(9)5-10;12-11(7-16)4-3-8-5-10(14-15-13)2-1-9(8)6-11/h4-7,10-11,13,15,28H,8-9,12,14,24H2,1-3H3;1,6-9H,2-4H3;1-2,5,14H,3-4,6-7,13H2;1-2,5,16H,3-4,6-7,12H2. The highest BCUT2D eigenvalue weighted by Gasteiger charge is 2.32. The van der Waals surface area contributed by atoms with E-state index >= 15 is 0 Å². The molecule has 0 aliphatic heterocycles. The number of terminal acetylenes is 1. The Kier molecular flexibility index (Phi) is 18.9. The number of aliphatic hydroxyl groups is 3. The lowest BCUT2D eigenvalue weighted by molar-refractivity contribution is 0.181. The number of fused-ring (bicyclic) bond motifs is 3. The van der Waals surface area contributed by atoms with E-state index in [1.807, 2.05) is 102 Å². The van der Waals surface area contributed by atoms with Gasteiger partial charge >= 0.3 is 0 Å². The van der Waals surface area contributed by atoms with Crippen LogP contribution in [-0.2, 0) is 38.5 Å². The molecule has 5 aromatic carbocycles. The van der Waals surface area contributed by atoms with Gasteiger partial charge in [0.25, 0.3) is 0 Å². The maximum absolute atomic E-state index is 9.54. The zero-order valence-electron chi connectivity index (χ0n) is 42.4. The second kappa shape index (κ2) is 24.6. The molecule has 15 heteroatoms. The number of rotatable bonds is 10. The second-order valence-electron chi connectivity index (χ2n) is 20.1. The highest BCUT2D eigenvalue weighted by Crippen LogP contribution is 2.33. The fourth-order valence-electron chi connectivity index (χ4n) is 9.09. The molecule has 0 saturated heterocycles. The summed E-state index contributed by atoms with van der Waals surface area (Å²) in [6.45, 7) is 12.2. The number of aliphatic hydroxyl groups excluding tert-OH is 3. The number of aryl methyl sites for hydroxylation is 5. The number of hydrogen-bond acceptors (Lipinski definition) is 11.